The Morgan fingerprint density at radius 3 is 2.48 bits per heavy atom. The Balaban J connectivity index is 1.72. The summed E-state index contributed by atoms with van der Waals surface area (Å²) in [5.74, 6) is 0.870. The first-order chi connectivity index (χ1) is 16.1. The number of ether oxygens (including phenoxy) is 1. The molecule has 0 radical (unpaired) electrons. The van der Waals surface area contributed by atoms with E-state index < -0.39 is 0 Å². The number of unbranched alkanes of at least 4 members (excludes halogenated alkanes) is 3. The standard InChI is InChI=1S/C28H35ClN2O2/c1-3-5-7-17-31(28(32)24-13-15-27(16-14-24)33-19-6-4-2)22-26-12-9-18-30(26)21-23-10-8-11-25(29)20-23/h8-16,18,20H,3-7,17,19,21-22H2,1-2H3. The summed E-state index contributed by atoms with van der Waals surface area (Å²) in [4.78, 5) is 15.4. The zero-order valence-corrected chi connectivity index (χ0v) is 20.6. The molecule has 0 unspecified atom stereocenters. The van der Waals surface area contributed by atoms with E-state index in [2.05, 4.69) is 36.7 Å². The van der Waals surface area contributed by atoms with E-state index in [0.717, 1.165) is 67.2 Å². The van der Waals surface area contributed by atoms with Gasteiger partial charge in [0.1, 0.15) is 5.75 Å². The number of amides is 1. The maximum Gasteiger partial charge on any atom is 0.254 e. The van der Waals surface area contributed by atoms with Gasteiger partial charge in [-0.05, 0) is 66.9 Å². The van der Waals surface area contributed by atoms with Crippen LogP contribution in [-0.2, 0) is 13.1 Å². The number of carbonyl (C=O) groups is 1. The van der Waals surface area contributed by atoms with Crippen LogP contribution in [0.25, 0.3) is 0 Å². The Morgan fingerprint density at radius 1 is 0.970 bits per heavy atom. The topological polar surface area (TPSA) is 34.5 Å². The van der Waals surface area contributed by atoms with Crippen LogP contribution >= 0.6 is 11.6 Å². The molecule has 3 rings (SSSR count). The van der Waals surface area contributed by atoms with Gasteiger partial charge in [-0.15, -0.1) is 0 Å². The van der Waals surface area contributed by atoms with Crippen LogP contribution in [0.2, 0.25) is 5.02 Å². The molecule has 0 bridgehead atoms. The minimum absolute atomic E-state index is 0.0571. The average molecular weight is 467 g/mol. The van der Waals surface area contributed by atoms with Crippen LogP contribution in [-0.4, -0.2) is 28.5 Å². The van der Waals surface area contributed by atoms with Crippen LogP contribution in [0, 0.1) is 0 Å². The molecule has 4 nitrogen and oxygen atoms in total. The highest BCUT2D eigenvalue weighted by atomic mass is 35.5. The minimum Gasteiger partial charge on any atom is -0.494 e. The third-order valence-electron chi connectivity index (χ3n) is 5.71. The van der Waals surface area contributed by atoms with Gasteiger partial charge >= 0.3 is 0 Å². The predicted octanol–water partition coefficient (Wildman–Crippen LogP) is 7.20. The molecule has 0 saturated heterocycles. The van der Waals surface area contributed by atoms with E-state index in [9.17, 15) is 4.79 Å². The Bertz CT molecular complexity index is 997. The summed E-state index contributed by atoms with van der Waals surface area (Å²) in [6, 6.07) is 19.6. The highest BCUT2D eigenvalue weighted by Gasteiger charge is 2.18. The van der Waals surface area contributed by atoms with Gasteiger partial charge in [-0.3, -0.25) is 4.79 Å². The van der Waals surface area contributed by atoms with E-state index in [-0.39, 0.29) is 5.91 Å². The van der Waals surface area contributed by atoms with Crippen molar-refractivity contribution in [3.05, 3.63) is 88.7 Å². The summed E-state index contributed by atoms with van der Waals surface area (Å²) in [5.41, 5.74) is 2.95. The molecular formula is C28H35ClN2O2. The van der Waals surface area contributed by atoms with Gasteiger partial charge < -0.3 is 14.2 Å². The van der Waals surface area contributed by atoms with Gasteiger partial charge in [0.25, 0.3) is 5.91 Å². The second-order valence-corrected chi connectivity index (χ2v) is 8.85. The first-order valence-corrected chi connectivity index (χ1v) is 12.4. The van der Waals surface area contributed by atoms with E-state index >= 15 is 0 Å². The van der Waals surface area contributed by atoms with Crippen molar-refractivity contribution in [1.29, 1.82) is 0 Å². The molecular weight excluding hydrogens is 432 g/mol. The number of benzene rings is 2. The lowest BCUT2D eigenvalue weighted by Gasteiger charge is -2.24. The molecule has 1 aromatic heterocycles. The molecule has 33 heavy (non-hydrogen) atoms. The molecule has 0 aliphatic rings. The molecule has 5 heteroatoms. The van der Waals surface area contributed by atoms with Crippen LogP contribution in [0.4, 0.5) is 0 Å². The van der Waals surface area contributed by atoms with Gasteiger partial charge in [0.15, 0.2) is 0 Å². The van der Waals surface area contributed by atoms with Gasteiger partial charge in [-0.1, -0.05) is 56.8 Å². The van der Waals surface area contributed by atoms with E-state index in [4.69, 9.17) is 16.3 Å². The molecule has 0 aliphatic carbocycles. The molecule has 0 N–H and O–H groups in total. The Kier molecular flexibility index (Phi) is 9.89. The molecule has 1 heterocycles. The zero-order valence-electron chi connectivity index (χ0n) is 19.8. The Morgan fingerprint density at radius 2 is 1.76 bits per heavy atom. The van der Waals surface area contributed by atoms with Crippen molar-refractivity contribution < 1.29 is 9.53 Å². The maximum absolute atomic E-state index is 13.4. The maximum atomic E-state index is 13.4. The Labute approximate surface area is 203 Å². The van der Waals surface area contributed by atoms with Gasteiger partial charge in [-0.2, -0.15) is 0 Å². The quantitative estimate of drug-likeness (QED) is 0.249. The molecule has 1 amide bonds. The van der Waals surface area contributed by atoms with E-state index in [1.165, 1.54) is 0 Å². The molecule has 176 valence electrons. The third kappa shape index (κ3) is 7.68. The van der Waals surface area contributed by atoms with Crippen molar-refractivity contribution in [2.24, 2.45) is 0 Å². The van der Waals surface area contributed by atoms with Gasteiger partial charge in [-0.25, -0.2) is 0 Å². The highest BCUT2D eigenvalue weighted by molar-refractivity contribution is 6.30. The van der Waals surface area contributed by atoms with Gasteiger partial charge in [0.2, 0.25) is 0 Å². The van der Waals surface area contributed by atoms with Crippen molar-refractivity contribution >= 4 is 17.5 Å². The van der Waals surface area contributed by atoms with Crippen molar-refractivity contribution in [1.82, 2.24) is 9.47 Å². The summed E-state index contributed by atoms with van der Waals surface area (Å²) in [5, 5.41) is 0.736. The van der Waals surface area contributed by atoms with Crippen molar-refractivity contribution in [2.45, 2.75) is 59.0 Å². The summed E-state index contributed by atoms with van der Waals surface area (Å²) in [6.07, 6.45) is 7.42. The molecule has 3 aromatic rings. The molecule has 0 saturated carbocycles. The fourth-order valence-corrected chi connectivity index (χ4v) is 4.00. The largest absolute Gasteiger partial charge is 0.494 e. The fraction of sp³-hybridized carbons (Fsp3) is 0.393. The smallest absolute Gasteiger partial charge is 0.254 e. The SMILES string of the molecule is CCCCCN(Cc1cccn1Cc1cccc(Cl)c1)C(=O)c1ccc(OCCCC)cc1. The minimum atomic E-state index is 0.0571. The highest BCUT2D eigenvalue weighted by Crippen LogP contribution is 2.18. The zero-order chi connectivity index (χ0) is 23.5. The lowest BCUT2D eigenvalue weighted by Crippen LogP contribution is -2.32. The monoisotopic (exact) mass is 466 g/mol. The van der Waals surface area contributed by atoms with Crippen LogP contribution in [0.15, 0.2) is 66.9 Å². The second-order valence-electron chi connectivity index (χ2n) is 8.42. The molecule has 2 aromatic carbocycles. The summed E-state index contributed by atoms with van der Waals surface area (Å²) >= 11 is 6.16. The Hall–Kier alpha value is -2.72. The average Bonchev–Trinajstić information content (AvgIpc) is 3.25. The lowest BCUT2D eigenvalue weighted by atomic mass is 10.1. The van der Waals surface area contributed by atoms with Crippen molar-refractivity contribution in [3.8, 4) is 5.75 Å². The molecule has 0 aliphatic heterocycles. The number of halogens is 1. The van der Waals surface area contributed by atoms with Crippen molar-refractivity contribution in [3.63, 3.8) is 0 Å². The van der Waals surface area contributed by atoms with Gasteiger partial charge in [0, 0.05) is 35.6 Å². The molecule has 0 spiro atoms. The van der Waals surface area contributed by atoms with E-state index in [1.54, 1.807) is 0 Å². The number of rotatable bonds is 13. The van der Waals surface area contributed by atoms with Crippen molar-refractivity contribution in [2.75, 3.05) is 13.2 Å². The molecule has 0 atom stereocenters. The first kappa shape index (κ1) is 24.9. The van der Waals surface area contributed by atoms with Crippen LogP contribution in [0.3, 0.4) is 0 Å². The van der Waals surface area contributed by atoms with Gasteiger partial charge in [0.05, 0.1) is 13.2 Å². The number of hydrogen-bond donors (Lipinski definition) is 0. The summed E-state index contributed by atoms with van der Waals surface area (Å²) in [7, 11) is 0. The van der Waals surface area contributed by atoms with Crippen LogP contribution in [0.5, 0.6) is 5.75 Å². The lowest BCUT2D eigenvalue weighted by molar-refractivity contribution is 0.0736. The fourth-order valence-electron chi connectivity index (χ4n) is 3.79. The predicted molar refractivity (Wildman–Crippen MR) is 136 cm³/mol. The second kappa shape index (κ2) is 13.1. The summed E-state index contributed by atoms with van der Waals surface area (Å²) < 4.78 is 7.94. The molecule has 0 fully saturated rings. The third-order valence-corrected chi connectivity index (χ3v) is 5.94. The number of carbonyl (C=O) groups excluding carboxylic acids is 1. The number of aromatic nitrogens is 1. The number of hydrogen-bond acceptors (Lipinski definition) is 2. The normalized spacial score (nSPS) is 10.9. The summed E-state index contributed by atoms with van der Waals surface area (Å²) in [6.45, 7) is 7.07. The van der Waals surface area contributed by atoms with E-state index in [1.807, 2.05) is 53.4 Å². The number of nitrogens with zero attached hydrogens (tertiary/aromatic N) is 2. The first-order valence-electron chi connectivity index (χ1n) is 12.0. The van der Waals surface area contributed by atoms with E-state index in [0.29, 0.717) is 18.7 Å². The van der Waals surface area contributed by atoms with Crippen LogP contribution < -0.4 is 4.74 Å². The van der Waals surface area contributed by atoms with Crippen LogP contribution in [0.1, 0.15) is 67.6 Å².